The molecule has 0 spiro atoms. The van der Waals surface area contributed by atoms with E-state index in [9.17, 15) is 34.8 Å². The summed E-state index contributed by atoms with van der Waals surface area (Å²) in [5, 5.41) is 43.5. The predicted octanol–water partition coefficient (Wildman–Crippen LogP) is -3.51. The van der Waals surface area contributed by atoms with Crippen LogP contribution in [0.15, 0.2) is 120 Å². The summed E-state index contributed by atoms with van der Waals surface area (Å²) in [6.45, 7) is 11.3. The fourth-order valence-electron chi connectivity index (χ4n) is 6.43. The van der Waals surface area contributed by atoms with E-state index in [1.807, 2.05) is 26.8 Å². The van der Waals surface area contributed by atoms with Crippen molar-refractivity contribution >= 4 is 35.0 Å². The van der Waals surface area contributed by atoms with Crippen LogP contribution in [0.5, 0.6) is 0 Å². The van der Waals surface area contributed by atoms with Crippen LogP contribution >= 0.6 is 0 Å². The van der Waals surface area contributed by atoms with E-state index in [-0.39, 0.29) is 124 Å². The van der Waals surface area contributed by atoms with E-state index in [0.29, 0.717) is 63.0 Å². The number of aliphatic hydroxyl groups is 1. The van der Waals surface area contributed by atoms with Crippen LogP contribution in [0.2, 0.25) is 0 Å². The first-order valence-corrected chi connectivity index (χ1v) is 14.6. The zero-order chi connectivity index (χ0) is 32.7. The van der Waals surface area contributed by atoms with Gasteiger partial charge in [-0.05, 0) is 61.6 Å². The van der Waals surface area contributed by atoms with Crippen molar-refractivity contribution < 1.29 is 123 Å². The monoisotopic (exact) mass is 679 g/mol. The number of carbonyl (C=O) groups is 3. The first kappa shape index (κ1) is 41.8. The number of hydrogen-bond acceptors (Lipinski definition) is 8. The minimum atomic E-state index is -1.27. The second-order valence-corrected chi connectivity index (χ2v) is 11.3. The maximum Gasteiger partial charge on any atom is 1.00 e. The summed E-state index contributed by atoms with van der Waals surface area (Å²) in [6, 6.07) is 0. The summed E-state index contributed by atoms with van der Waals surface area (Å²) in [5.41, 5.74) is 6.73. The summed E-state index contributed by atoms with van der Waals surface area (Å²) in [5.74, 6) is -4.21. The number of aliphatic hydroxyl groups excluding tert-OH is 1. The Balaban J connectivity index is 0.00000267. The summed E-state index contributed by atoms with van der Waals surface area (Å²) >= 11 is 0. The van der Waals surface area contributed by atoms with Gasteiger partial charge in [0.2, 0.25) is 0 Å². The van der Waals surface area contributed by atoms with E-state index in [1.54, 1.807) is 25.2 Å². The molecule has 8 bridgehead atoms. The van der Waals surface area contributed by atoms with E-state index in [4.69, 9.17) is 15.0 Å². The molecular formula is C34H34N4Na3O7+3. The van der Waals surface area contributed by atoms with Gasteiger partial charge in [-0.1, -0.05) is 26.5 Å². The molecule has 48 heavy (non-hydrogen) atoms. The third-order valence-corrected chi connectivity index (χ3v) is 8.78. The third kappa shape index (κ3) is 7.85. The van der Waals surface area contributed by atoms with Crippen molar-refractivity contribution in [3.05, 3.63) is 105 Å². The Bertz CT molecular complexity index is 1830. The molecule has 2 atom stereocenters. The van der Waals surface area contributed by atoms with Crippen LogP contribution in [0, 0.1) is 11.8 Å². The Labute approximate surface area is 345 Å². The van der Waals surface area contributed by atoms with Crippen molar-refractivity contribution in [2.75, 3.05) is 0 Å². The van der Waals surface area contributed by atoms with Crippen LogP contribution in [0.4, 0.5) is 0 Å². The Kier molecular flexibility index (Phi) is 14.9. The number of aliphatic imine (C=N–C) groups is 3. The van der Waals surface area contributed by atoms with Crippen molar-refractivity contribution in [2.24, 2.45) is 26.8 Å². The Hall–Kier alpha value is -2.32. The summed E-state index contributed by atoms with van der Waals surface area (Å²) in [7, 11) is 0. The minimum absolute atomic E-state index is 0. The number of fused-ring (bicyclic) bond motifs is 5. The zero-order valence-corrected chi connectivity index (χ0v) is 34.4. The topological polar surface area (TPSA) is 181 Å². The zero-order valence-electron chi connectivity index (χ0n) is 28.4. The maximum atomic E-state index is 12.7. The van der Waals surface area contributed by atoms with Crippen LogP contribution in [0.3, 0.4) is 0 Å². The van der Waals surface area contributed by atoms with Gasteiger partial charge < -0.3 is 25.7 Å². The van der Waals surface area contributed by atoms with Gasteiger partial charge in [0.05, 0.1) is 52.5 Å². The number of nitrogens with zero attached hydrogens (tertiary/aromatic N) is 3. The standard InChI is InChI=1S/C34H34N4O7.3Na/c1-6-18-15(3)23-11-24-16(4)20(8-9-29(40)41)32(37-24)21(10-30(42)43)33-31(34(44)45)17(5)25(38-33)12-27-19(7-2)22(14-39)28(36-27)13-26(18)35-23;;;/h6,11-14,16,20,37,39H,1,7-10H2,2-5H3,(H,40,41)(H,42,43)(H,44,45);;;/q;3*+1/b22-14-,24-11?,25-12?,26-13?,32-21?;;;/t16-,20-;;;/m0.../s1. The van der Waals surface area contributed by atoms with Gasteiger partial charge in [0.25, 0.3) is 0 Å². The molecule has 1 saturated heterocycles. The molecule has 0 saturated carbocycles. The Morgan fingerprint density at radius 2 is 1.60 bits per heavy atom. The quantitative estimate of drug-likeness (QED) is 0.129. The van der Waals surface area contributed by atoms with Gasteiger partial charge in [-0.2, -0.15) is 0 Å². The fraction of sp³-hybridized carbons (Fsp3) is 0.294. The molecule has 11 nitrogen and oxygen atoms in total. The number of hydrogen-bond donors (Lipinski definition) is 5. The van der Waals surface area contributed by atoms with Gasteiger partial charge in [-0.25, -0.2) is 19.8 Å². The van der Waals surface area contributed by atoms with E-state index >= 15 is 0 Å². The van der Waals surface area contributed by atoms with E-state index in [1.165, 1.54) is 0 Å². The number of rotatable bonds is 8. The molecule has 0 aromatic rings. The SMILES string of the molecule is C=CC1=C(C)C2=NC1=CC1=NC(=C(CC)/C1=C/O)C=C1N=C(C(CC(=O)O)=C3NC(=C2)[C@@H](C)[C@@H]3CCC(=O)O)C(C(=O)O)=C1C.[Na+].[Na+].[Na+]. The molecule has 232 valence electrons. The van der Waals surface area contributed by atoms with E-state index in [2.05, 4.69) is 11.9 Å². The van der Waals surface area contributed by atoms with Crippen molar-refractivity contribution in [1.29, 1.82) is 0 Å². The van der Waals surface area contributed by atoms with Gasteiger partial charge in [-0.3, -0.25) is 9.59 Å². The van der Waals surface area contributed by atoms with Crippen LogP contribution < -0.4 is 94.0 Å². The molecular weight excluding hydrogens is 645 g/mol. The molecule has 5 aliphatic rings. The molecule has 0 aliphatic carbocycles. The Morgan fingerprint density at radius 1 is 0.917 bits per heavy atom. The maximum absolute atomic E-state index is 12.7. The van der Waals surface area contributed by atoms with Crippen LogP contribution in [-0.2, 0) is 14.4 Å². The molecule has 0 amide bonds. The van der Waals surface area contributed by atoms with E-state index in [0.717, 1.165) is 17.4 Å². The predicted molar refractivity (Wildman–Crippen MR) is 170 cm³/mol. The number of aliphatic carboxylic acids is 3. The molecule has 5 N–H and O–H groups in total. The molecule has 5 aliphatic heterocycles. The molecule has 14 heteroatoms. The number of carboxylic acids is 3. The van der Waals surface area contributed by atoms with Crippen molar-refractivity contribution in [3.63, 3.8) is 0 Å². The normalized spacial score (nSPS) is 22.0. The Morgan fingerprint density at radius 3 is 2.17 bits per heavy atom. The van der Waals surface area contributed by atoms with E-state index < -0.39 is 30.2 Å². The second-order valence-electron chi connectivity index (χ2n) is 11.3. The molecule has 5 rings (SSSR count). The number of carboxylic acid groups (broad SMARTS) is 3. The molecule has 5 heterocycles. The van der Waals surface area contributed by atoms with Crippen molar-refractivity contribution in [1.82, 2.24) is 5.32 Å². The molecule has 0 aromatic heterocycles. The largest absolute Gasteiger partial charge is 1.00 e. The van der Waals surface area contributed by atoms with Gasteiger partial charge in [0.15, 0.2) is 0 Å². The van der Waals surface area contributed by atoms with Gasteiger partial charge in [0, 0.05) is 46.4 Å². The molecule has 0 radical (unpaired) electrons. The summed E-state index contributed by atoms with van der Waals surface area (Å²) in [4.78, 5) is 50.9. The smallest absolute Gasteiger partial charge is 0.515 e. The van der Waals surface area contributed by atoms with Crippen LogP contribution in [0.25, 0.3) is 0 Å². The number of allylic oxidation sites excluding steroid dienone is 10. The first-order chi connectivity index (χ1) is 21.4. The average molecular weight is 680 g/mol. The van der Waals surface area contributed by atoms with Crippen molar-refractivity contribution in [2.45, 2.75) is 53.4 Å². The summed E-state index contributed by atoms with van der Waals surface area (Å²) < 4.78 is 0. The van der Waals surface area contributed by atoms with Crippen LogP contribution in [-0.4, -0.2) is 55.5 Å². The molecule has 0 aromatic carbocycles. The number of nitrogens with one attached hydrogen (secondary N) is 1. The average Bonchev–Trinajstić information content (AvgIpc) is 3.67. The molecule has 1 fully saturated rings. The van der Waals surface area contributed by atoms with Gasteiger partial charge in [0.1, 0.15) is 0 Å². The van der Waals surface area contributed by atoms with Gasteiger partial charge in [-0.15, -0.1) is 0 Å². The van der Waals surface area contributed by atoms with Crippen molar-refractivity contribution in [3.8, 4) is 0 Å². The van der Waals surface area contributed by atoms with Gasteiger partial charge >= 0.3 is 107 Å². The fourth-order valence-corrected chi connectivity index (χ4v) is 6.43. The minimum Gasteiger partial charge on any atom is -0.515 e. The molecule has 0 unspecified atom stereocenters. The van der Waals surface area contributed by atoms with Crippen LogP contribution in [0.1, 0.15) is 53.4 Å². The third-order valence-electron chi connectivity index (χ3n) is 8.78. The first-order valence-electron chi connectivity index (χ1n) is 14.6. The summed E-state index contributed by atoms with van der Waals surface area (Å²) in [6.07, 6.45) is 7.92. The second kappa shape index (κ2) is 17.1.